The first-order valence-corrected chi connectivity index (χ1v) is 6.88. The second-order valence-electron chi connectivity index (χ2n) is 3.32. The first-order valence-electron chi connectivity index (χ1n) is 4.60. The highest BCUT2D eigenvalue weighted by Crippen LogP contribution is 2.15. The van der Waals surface area contributed by atoms with E-state index in [2.05, 4.69) is 30.7 Å². The molecule has 8 heteroatoms. The minimum Gasteiger partial charge on any atom is -0.278 e. The van der Waals surface area contributed by atoms with E-state index in [0.29, 0.717) is 10.3 Å². The van der Waals surface area contributed by atoms with Crippen LogP contribution in [0.5, 0.6) is 0 Å². The molecular formula is C9H9BrN4O2S. The summed E-state index contributed by atoms with van der Waals surface area (Å²) in [5.74, 6) is 0. The molecule has 0 radical (unpaired) electrons. The molecule has 0 aliphatic heterocycles. The Labute approximate surface area is 107 Å². The SMILES string of the molecule is Cn1cc(S(=O)(=O)Nc2ccc(Br)nc2)cn1. The summed E-state index contributed by atoms with van der Waals surface area (Å²) in [5, 5.41) is 3.81. The number of sulfonamides is 1. The van der Waals surface area contributed by atoms with Gasteiger partial charge in [-0.05, 0) is 28.1 Å². The van der Waals surface area contributed by atoms with Gasteiger partial charge in [0.1, 0.15) is 9.50 Å². The number of pyridine rings is 1. The average Bonchev–Trinajstić information content (AvgIpc) is 2.69. The second kappa shape index (κ2) is 4.46. The highest BCUT2D eigenvalue weighted by atomic mass is 79.9. The van der Waals surface area contributed by atoms with Crippen molar-refractivity contribution in [3.63, 3.8) is 0 Å². The van der Waals surface area contributed by atoms with Crippen molar-refractivity contribution in [3.05, 3.63) is 35.3 Å². The molecule has 0 aromatic carbocycles. The Bertz CT molecular complexity index is 621. The minimum absolute atomic E-state index is 0.114. The number of hydrogen-bond acceptors (Lipinski definition) is 4. The van der Waals surface area contributed by atoms with Crippen LogP contribution in [0.15, 0.2) is 40.2 Å². The molecule has 6 nitrogen and oxygen atoms in total. The Balaban J connectivity index is 2.26. The maximum Gasteiger partial charge on any atom is 0.265 e. The van der Waals surface area contributed by atoms with Crippen LogP contribution in [-0.4, -0.2) is 23.2 Å². The van der Waals surface area contributed by atoms with Gasteiger partial charge in [0.2, 0.25) is 0 Å². The smallest absolute Gasteiger partial charge is 0.265 e. The molecule has 0 atom stereocenters. The van der Waals surface area contributed by atoms with Gasteiger partial charge in [0.05, 0.1) is 18.1 Å². The number of halogens is 1. The van der Waals surface area contributed by atoms with Crippen molar-refractivity contribution in [1.29, 1.82) is 0 Å². The lowest BCUT2D eigenvalue weighted by Gasteiger charge is -2.05. The lowest BCUT2D eigenvalue weighted by molar-refractivity contribution is 0.601. The largest absolute Gasteiger partial charge is 0.278 e. The highest BCUT2D eigenvalue weighted by Gasteiger charge is 2.16. The predicted molar refractivity (Wildman–Crippen MR) is 66.0 cm³/mol. The third kappa shape index (κ3) is 2.83. The summed E-state index contributed by atoms with van der Waals surface area (Å²) in [7, 11) is -1.94. The Kier molecular flexibility index (Phi) is 3.16. The molecule has 2 heterocycles. The van der Waals surface area contributed by atoms with Crippen LogP contribution in [0.3, 0.4) is 0 Å². The number of nitrogens with one attached hydrogen (secondary N) is 1. The zero-order chi connectivity index (χ0) is 12.5. The van der Waals surface area contributed by atoms with Crippen molar-refractivity contribution in [2.75, 3.05) is 4.72 Å². The van der Waals surface area contributed by atoms with E-state index in [1.165, 1.54) is 23.3 Å². The number of aromatic nitrogens is 3. The normalized spacial score (nSPS) is 11.4. The van der Waals surface area contributed by atoms with Crippen molar-refractivity contribution in [3.8, 4) is 0 Å². The zero-order valence-electron chi connectivity index (χ0n) is 8.83. The average molecular weight is 317 g/mol. The van der Waals surface area contributed by atoms with Gasteiger partial charge in [-0.2, -0.15) is 5.10 Å². The summed E-state index contributed by atoms with van der Waals surface area (Å²) >= 11 is 3.17. The molecule has 0 bridgehead atoms. The molecule has 0 fully saturated rings. The molecule has 17 heavy (non-hydrogen) atoms. The molecule has 0 amide bonds. The van der Waals surface area contributed by atoms with Crippen LogP contribution in [0.25, 0.3) is 0 Å². The van der Waals surface area contributed by atoms with E-state index < -0.39 is 10.0 Å². The molecule has 0 aliphatic rings. The molecule has 90 valence electrons. The van der Waals surface area contributed by atoms with Gasteiger partial charge < -0.3 is 0 Å². The lowest BCUT2D eigenvalue weighted by atomic mass is 10.4. The van der Waals surface area contributed by atoms with Gasteiger partial charge in [-0.1, -0.05) is 0 Å². The summed E-state index contributed by atoms with van der Waals surface area (Å²) < 4.78 is 28.3. The Morgan fingerprint density at radius 3 is 2.65 bits per heavy atom. The summed E-state index contributed by atoms with van der Waals surface area (Å²) in [6.45, 7) is 0. The number of rotatable bonds is 3. The van der Waals surface area contributed by atoms with Crippen LogP contribution < -0.4 is 4.72 Å². The van der Waals surface area contributed by atoms with Gasteiger partial charge >= 0.3 is 0 Å². The minimum atomic E-state index is -3.59. The molecule has 0 saturated heterocycles. The van der Waals surface area contributed by atoms with Crippen LogP contribution in [0.1, 0.15) is 0 Å². The Morgan fingerprint density at radius 1 is 1.35 bits per heavy atom. The molecule has 1 N–H and O–H groups in total. The van der Waals surface area contributed by atoms with E-state index >= 15 is 0 Å². The molecule has 0 aliphatic carbocycles. The van der Waals surface area contributed by atoms with Crippen molar-refractivity contribution in [2.45, 2.75) is 4.90 Å². The highest BCUT2D eigenvalue weighted by molar-refractivity contribution is 9.10. The van der Waals surface area contributed by atoms with E-state index in [1.54, 1.807) is 19.2 Å². The standard InChI is InChI=1S/C9H9BrN4O2S/c1-14-6-8(5-12-14)17(15,16)13-7-2-3-9(10)11-4-7/h2-6,13H,1H3. The van der Waals surface area contributed by atoms with Gasteiger partial charge in [0.25, 0.3) is 10.0 Å². The van der Waals surface area contributed by atoms with Crippen molar-refractivity contribution >= 4 is 31.6 Å². The monoisotopic (exact) mass is 316 g/mol. The molecular weight excluding hydrogens is 308 g/mol. The summed E-state index contributed by atoms with van der Waals surface area (Å²) in [6, 6.07) is 3.27. The Hall–Kier alpha value is -1.41. The third-order valence-corrected chi connectivity index (χ3v) is 3.78. The summed E-state index contributed by atoms with van der Waals surface area (Å²) in [4.78, 5) is 4.04. The first-order chi connectivity index (χ1) is 7.97. The fourth-order valence-electron chi connectivity index (χ4n) is 1.19. The third-order valence-electron chi connectivity index (χ3n) is 1.97. The fourth-order valence-corrected chi connectivity index (χ4v) is 2.45. The van der Waals surface area contributed by atoms with Crippen molar-refractivity contribution in [2.24, 2.45) is 7.05 Å². The van der Waals surface area contributed by atoms with Crippen LogP contribution in [0.2, 0.25) is 0 Å². The predicted octanol–water partition coefficient (Wildman–Crippen LogP) is 1.38. The maximum absolute atomic E-state index is 11.9. The summed E-state index contributed by atoms with van der Waals surface area (Å²) in [6.07, 6.45) is 4.14. The topological polar surface area (TPSA) is 76.9 Å². The van der Waals surface area contributed by atoms with Crippen molar-refractivity contribution < 1.29 is 8.42 Å². The summed E-state index contributed by atoms with van der Waals surface area (Å²) in [5.41, 5.74) is 0.400. The van der Waals surface area contributed by atoms with E-state index in [1.807, 2.05) is 0 Å². The molecule has 2 rings (SSSR count). The van der Waals surface area contributed by atoms with Crippen LogP contribution >= 0.6 is 15.9 Å². The molecule has 2 aromatic heterocycles. The van der Waals surface area contributed by atoms with Crippen LogP contribution in [-0.2, 0) is 17.1 Å². The number of aryl methyl sites for hydroxylation is 1. The number of anilines is 1. The molecule has 0 spiro atoms. The van der Waals surface area contributed by atoms with Gasteiger partial charge in [0.15, 0.2) is 0 Å². The van der Waals surface area contributed by atoms with E-state index in [-0.39, 0.29) is 4.90 Å². The van der Waals surface area contributed by atoms with Crippen LogP contribution in [0, 0.1) is 0 Å². The second-order valence-corrected chi connectivity index (χ2v) is 5.82. The quantitative estimate of drug-likeness (QED) is 0.868. The molecule has 0 unspecified atom stereocenters. The van der Waals surface area contributed by atoms with Gasteiger partial charge in [0, 0.05) is 13.2 Å². The van der Waals surface area contributed by atoms with Gasteiger partial charge in [-0.25, -0.2) is 13.4 Å². The first kappa shape index (κ1) is 12.1. The van der Waals surface area contributed by atoms with Gasteiger partial charge in [-0.3, -0.25) is 9.40 Å². The number of nitrogens with zero attached hydrogens (tertiary/aromatic N) is 3. The van der Waals surface area contributed by atoms with Crippen LogP contribution in [0.4, 0.5) is 5.69 Å². The lowest BCUT2D eigenvalue weighted by Crippen LogP contribution is -2.12. The Morgan fingerprint density at radius 2 is 2.12 bits per heavy atom. The van der Waals surface area contributed by atoms with E-state index in [0.717, 1.165) is 0 Å². The molecule has 2 aromatic rings. The van der Waals surface area contributed by atoms with E-state index in [9.17, 15) is 8.42 Å². The maximum atomic E-state index is 11.9. The molecule has 0 saturated carbocycles. The van der Waals surface area contributed by atoms with E-state index in [4.69, 9.17) is 0 Å². The van der Waals surface area contributed by atoms with Crippen molar-refractivity contribution in [1.82, 2.24) is 14.8 Å². The zero-order valence-corrected chi connectivity index (χ0v) is 11.2. The number of hydrogen-bond donors (Lipinski definition) is 1. The fraction of sp³-hybridized carbons (Fsp3) is 0.111. The van der Waals surface area contributed by atoms with Gasteiger partial charge in [-0.15, -0.1) is 0 Å².